The van der Waals surface area contributed by atoms with Crippen LogP contribution in [0.2, 0.25) is 0 Å². The van der Waals surface area contributed by atoms with Gasteiger partial charge in [0.15, 0.2) is 5.75 Å². The number of amides is 1. The summed E-state index contributed by atoms with van der Waals surface area (Å²) in [7, 11) is -2.63. The third-order valence-corrected chi connectivity index (χ3v) is 7.77. The molecular weight excluding hydrogens is 506 g/mol. The van der Waals surface area contributed by atoms with Crippen molar-refractivity contribution in [2.75, 3.05) is 43.0 Å². The van der Waals surface area contributed by atoms with Gasteiger partial charge in [0.05, 0.1) is 42.0 Å². The zero-order valence-corrected chi connectivity index (χ0v) is 21.8. The second kappa shape index (κ2) is 10.3. The number of ether oxygens (including phenoxy) is 2. The van der Waals surface area contributed by atoms with Gasteiger partial charge in [0, 0.05) is 18.5 Å². The summed E-state index contributed by atoms with van der Waals surface area (Å²) in [4.78, 5) is 23.5. The molecule has 0 saturated carbocycles. The first kappa shape index (κ1) is 25.4. The summed E-state index contributed by atoms with van der Waals surface area (Å²) >= 11 is 0. The van der Waals surface area contributed by atoms with Crippen LogP contribution in [0, 0.1) is 6.92 Å². The number of hydrogen-bond acceptors (Lipinski definition) is 8. The summed E-state index contributed by atoms with van der Waals surface area (Å²) in [6.45, 7) is 4.49. The molecule has 0 aliphatic carbocycles. The topological polar surface area (TPSA) is 137 Å². The van der Waals surface area contributed by atoms with Crippen LogP contribution < -0.4 is 20.1 Å². The predicted molar refractivity (Wildman–Crippen MR) is 145 cm³/mol. The van der Waals surface area contributed by atoms with Crippen LogP contribution in [0.3, 0.4) is 0 Å². The van der Waals surface area contributed by atoms with Crippen molar-refractivity contribution in [2.24, 2.45) is 5.73 Å². The van der Waals surface area contributed by atoms with Gasteiger partial charge in [-0.25, -0.2) is 18.4 Å². The monoisotopic (exact) mass is 533 g/mol. The fraction of sp³-hybridized carbons (Fsp3) is 0.222. The van der Waals surface area contributed by atoms with Crippen LogP contribution >= 0.6 is 0 Å². The lowest BCUT2D eigenvalue weighted by Crippen LogP contribution is -2.36. The number of aryl methyl sites for hydroxylation is 1. The van der Waals surface area contributed by atoms with Gasteiger partial charge in [-0.2, -0.15) is 0 Å². The maximum absolute atomic E-state index is 13.2. The fourth-order valence-corrected chi connectivity index (χ4v) is 5.50. The van der Waals surface area contributed by atoms with Crippen molar-refractivity contribution in [1.82, 2.24) is 9.97 Å². The number of primary amides is 1. The molecule has 38 heavy (non-hydrogen) atoms. The van der Waals surface area contributed by atoms with Crippen molar-refractivity contribution >= 4 is 38.3 Å². The van der Waals surface area contributed by atoms with Gasteiger partial charge >= 0.3 is 0 Å². The zero-order valence-electron chi connectivity index (χ0n) is 21.0. The Morgan fingerprint density at radius 1 is 1.03 bits per heavy atom. The Hall–Kier alpha value is -4.22. The van der Waals surface area contributed by atoms with Gasteiger partial charge in [0.2, 0.25) is 0 Å². The van der Waals surface area contributed by atoms with E-state index in [2.05, 4.69) is 19.6 Å². The van der Waals surface area contributed by atoms with Crippen molar-refractivity contribution < 1.29 is 22.7 Å². The molecule has 0 spiro atoms. The molecule has 1 saturated heterocycles. The zero-order chi connectivity index (χ0) is 26.9. The normalized spacial score (nSPS) is 13.9. The van der Waals surface area contributed by atoms with E-state index < -0.39 is 15.9 Å². The molecule has 3 N–H and O–H groups in total. The van der Waals surface area contributed by atoms with Crippen LogP contribution in [0.15, 0.2) is 65.8 Å². The van der Waals surface area contributed by atoms with Gasteiger partial charge < -0.3 is 20.1 Å². The number of morpholine rings is 1. The largest absolute Gasteiger partial charge is 0.494 e. The van der Waals surface area contributed by atoms with Crippen LogP contribution in [-0.4, -0.2) is 57.7 Å². The fourth-order valence-electron chi connectivity index (χ4n) is 4.45. The molecule has 5 rings (SSSR count). The number of sulfonamides is 1. The minimum Gasteiger partial charge on any atom is -0.494 e. The summed E-state index contributed by atoms with van der Waals surface area (Å²) in [6, 6.07) is 15.3. The second-order valence-corrected chi connectivity index (χ2v) is 10.6. The molecule has 0 bridgehead atoms. The average Bonchev–Trinajstić information content (AvgIpc) is 2.92. The maximum atomic E-state index is 13.2. The number of methoxy groups -OCH3 is 1. The van der Waals surface area contributed by atoms with Gasteiger partial charge in [0.1, 0.15) is 12.1 Å². The number of rotatable bonds is 7. The molecule has 3 aromatic carbocycles. The van der Waals surface area contributed by atoms with E-state index in [0.29, 0.717) is 31.9 Å². The minimum atomic E-state index is -3.98. The van der Waals surface area contributed by atoms with Crippen molar-refractivity contribution in [2.45, 2.75) is 11.8 Å². The van der Waals surface area contributed by atoms with Crippen LogP contribution in [0.25, 0.3) is 22.0 Å². The Balaban J connectivity index is 1.63. The number of aromatic nitrogens is 2. The van der Waals surface area contributed by atoms with E-state index in [0.717, 1.165) is 27.8 Å². The lowest BCUT2D eigenvalue weighted by Gasteiger charge is -2.28. The number of benzene rings is 3. The number of anilines is 2. The van der Waals surface area contributed by atoms with Crippen LogP contribution in [-0.2, 0) is 14.8 Å². The molecular formula is C27H27N5O5S. The molecule has 1 aliphatic heterocycles. The number of carbonyl (C=O) groups is 1. The number of nitrogens with two attached hydrogens (primary N) is 1. The molecule has 4 aromatic rings. The Labute approximate surface area is 220 Å². The Morgan fingerprint density at radius 2 is 1.76 bits per heavy atom. The second-order valence-electron chi connectivity index (χ2n) is 8.92. The Morgan fingerprint density at radius 3 is 2.45 bits per heavy atom. The first-order valence-electron chi connectivity index (χ1n) is 12.0. The van der Waals surface area contributed by atoms with E-state index in [4.69, 9.17) is 15.2 Å². The first-order chi connectivity index (χ1) is 18.3. The quantitative estimate of drug-likeness (QED) is 0.369. The van der Waals surface area contributed by atoms with Gasteiger partial charge in [-0.3, -0.25) is 9.52 Å². The maximum Gasteiger partial charge on any atom is 0.262 e. The number of hydrogen-bond donors (Lipinski definition) is 2. The standard InChI is InChI=1S/C27H27N5O5S/c1-17-3-6-20(7-4-17)38(34,35)31-24-15-19(14-22(26(28)33)25(24)36-2)18-5-8-23-21(13-18)27(30-16-29-23)32-9-11-37-12-10-32/h3-8,13-16,31H,9-12H2,1-2H3,(H2,28,33). The molecule has 1 fully saturated rings. The first-order valence-corrected chi connectivity index (χ1v) is 13.4. The van der Waals surface area contributed by atoms with E-state index in [1.165, 1.54) is 25.6 Å². The van der Waals surface area contributed by atoms with Crippen molar-refractivity contribution in [1.29, 1.82) is 0 Å². The van der Waals surface area contributed by atoms with Gasteiger partial charge in [-0.05, 0) is 54.4 Å². The lowest BCUT2D eigenvalue weighted by atomic mass is 9.99. The van der Waals surface area contributed by atoms with E-state index in [-0.39, 0.29) is 21.9 Å². The van der Waals surface area contributed by atoms with Crippen LogP contribution in [0.5, 0.6) is 5.75 Å². The summed E-state index contributed by atoms with van der Waals surface area (Å²) in [5.41, 5.74) is 8.80. The van der Waals surface area contributed by atoms with Crippen molar-refractivity contribution in [3.8, 4) is 16.9 Å². The van der Waals surface area contributed by atoms with E-state index in [1.54, 1.807) is 24.3 Å². The molecule has 0 unspecified atom stereocenters. The minimum absolute atomic E-state index is 0.0371. The lowest BCUT2D eigenvalue weighted by molar-refractivity contribution is 0.0997. The summed E-state index contributed by atoms with van der Waals surface area (Å²) in [5.74, 6) is 0.0664. The molecule has 11 heteroatoms. The van der Waals surface area contributed by atoms with E-state index in [9.17, 15) is 13.2 Å². The molecule has 10 nitrogen and oxygen atoms in total. The highest BCUT2D eigenvalue weighted by atomic mass is 32.2. The molecule has 196 valence electrons. The summed E-state index contributed by atoms with van der Waals surface area (Å²) in [6.07, 6.45) is 1.53. The van der Waals surface area contributed by atoms with E-state index >= 15 is 0 Å². The van der Waals surface area contributed by atoms with Gasteiger partial charge in [0.25, 0.3) is 15.9 Å². The number of fused-ring (bicyclic) bond motifs is 1. The Kier molecular flexibility index (Phi) is 6.87. The molecule has 1 aliphatic rings. The number of nitrogens with one attached hydrogen (secondary N) is 1. The highest BCUT2D eigenvalue weighted by molar-refractivity contribution is 7.92. The molecule has 2 heterocycles. The molecule has 1 amide bonds. The number of nitrogens with zero attached hydrogens (tertiary/aromatic N) is 3. The smallest absolute Gasteiger partial charge is 0.262 e. The Bertz CT molecular complexity index is 1620. The van der Waals surface area contributed by atoms with E-state index in [1.807, 2.05) is 25.1 Å². The van der Waals surface area contributed by atoms with Crippen LogP contribution in [0.4, 0.5) is 11.5 Å². The van der Waals surface area contributed by atoms with Gasteiger partial charge in [-0.15, -0.1) is 0 Å². The van der Waals surface area contributed by atoms with Gasteiger partial charge in [-0.1, -0.05) is 23.8 Å². The highest BCUT2D eigenvalue weighted by Crippen LogP contribution is 2.37. The predicted octanol–water partition coefficient (Wildman–Crippen LogP) is 3.35. The SMILES string of the molecule is COc1c(NS(=O)(=O)c2ccc(C)cc2)cc(-c2ccc3ncnc(N4CCOCC4)c3c2)cc1C(N)=O. The molecule has 1 aromatic heterocycles. The van der Waals surface area contributed by atoms with Crippen molar-refractivity contribution in [3.05, 3.63) is 72.1 Å². The highest BCUT2D eigenvalue weighted by Gasteiger charge is 2.23. The number of carbonyl (C=O) groups excluding carboxylic acids is 1. The molecule has 0 radical (unpaired) electrons. The van der Waals surface area contributed by atoms with Crippen molar-refractivity contribution in [3.63, 3.8) is 0 Å². The summed E-state index contributed by atoms with van der Waals surface area (Å²) < 4.78 is 39.9. The van der Waals surface area contributed by atoms with Crippen LogP contribution in [0.1, 0.15) is 15.9 Å². The third-order valence-electron chi connectivity index (χ3n) is 6.39. The molecule has 0 atom stereocenters. The third kappa shape index (κ3) is 4.98. The summed E-state index contributed by atoms with van der Waals surface area (Å²) in [5, 5.41) is 0.824. The average molecular weight is 534 g/mol.